The van der Waals surface area contributed by atoms with Crippen molar-refractivity contribution < 1.29 is 23.5 Å². The first kappa shape index (κ1) is 20.1. The number of methoxy groups -OCH3 is 1. The highest BCUT2D eigenvalue weighted by atomic mass is 19.1. The second kappa shape index (κ2) is 7.58. The number of rotatable bonds is 3. The normalized spacial score (nSPS) is 19.4. The average molecular weight is 417 g/mol. The summed E-state index contributed by atoms with van der Waals surface area (Å²) in [6.45, 7) is 0.181. The van der Waals surface area contributed by atoms with Gasteiger partial charge in [0.25, 0.3) is 5.91 Å². The third-order valence-electron chi connectivity index (χ3n) is 5.34. The fraction of sp³-hybridized carbons (Fsp3) is 0.217. The van der Waals surface area contributed by atoms with Crippen LogP contribution in [-0.4, -0.2) is 36.3 Å². The Hall–Kier alpha value is -4.17. The Morgan fingerprint density at radius 1 is 1.23 bits per heavy atom. The van der Waals surface area contributed by atoms with Crippen LogP contribution in [0.1, 0.15) is 33.5 Å². The number of amides is 3. The molecule has 31 heavy (non-hydrogen) atoms. The summed E-state index contributed by atoms with van der Waals surface area (Å²) in [7, 11) is 1.50. The summed E-state index contributed by atoms with van der Waals surface area (Å²) < 4.78 is 19.1. The van der Waals surface area contributed by atoms with Crippen molar-refractivity contribution in [1.29, 1.82) is 5.26 Å². The quantitative estimate of drug-likeness (QED) is 0.606. The standard InChI is InChI=1S/C23H16FN3O4/c1-31-17-5-4-16-12-27(21(29)18(16)9-17)13-23(10-20(28)26-22(23)30)7-6-14-2-3-15(11-25)19(24)8-14/h2-5,8-9H,10,12-13H2,1H3,(H,26,28,30). The van der Waals surface area contributed by atoms with Crippen LogP contribution in [0, 0.1) is 34.4 Å². The molecule has 0 aliphatic carbocycles. The predicted octanol–water partition coefficient (Wildman–Crippen LogP) is 1.75. The molecule has 4 rings (SSSR count). The zero-order valence-corrected chi connectivity index (χ0v) is 16.5. The van der Waals surface area contributed by atoms with Gasteiger partial charge in [0, 0.05) is 24.2 Å². The second-order valence-corrected chi connectivity index (χ2v) is 7.38. The van der Waals surface area contributed by atoms with Crippen molar-refractivity contribution in [3.8, 4) is 23.7 Å². The van der Waals surface area contributed by atoms with Gasteiger partial charge >= 0.3 is 0 Å². The number of nitrogens with one attached hydrogen (secondary N) is 1. The molecule has 1 fully saturated rings. The first-order chi connectivity index (χ1) is 14.8. The van der Waals surface area contributed by atoms with E-state index in [0.29, 0.717) is 11.3 Å². The lowest BCUT2D eigenvalue weighted by Gasteiger charge is -2.25. The number of benzene rings is 2. The molecule has 7 nitrogen and oxygen atoms in total. The van der Waals surface area contributed by atoms with E-state index in [1.807, 2.05) is 0 Å². The van der Waals surface area contributed by atoms with Crippen LogP contribution in [0.4, 0.5) is 4.39 Å². The lowest BCUT2D eigenvalue weighted by atomic mass is 9.85. The third kappa shape index (κ3) is 3.60. The van der Waals surface area contributed by atoms with Gasteiger partial charge in [-0.15, -0.1) is 0 Å². The molecule has 0 bridgehead atoms. The third-order valence-corrected chi connectivity index (χ3v) is 5.34. The maximum absolute atomic E-state index is 13.9. The molecular formula is C23H16FN3O4. The fourth-order valence-corrected chi connectivity index (χ4v) is 3.71. The minimum absolute atomic E-state index is 0.0911. The van der Waals surface area contributed by atoms with Crippen molar-refractivity contribution in [2.24, 2.45) is 5.41 Å². The van der Waals surface area contributed by atoms with Crippen LogP contribution in [0.5, 0.6) is 5.75 Å². The van der Waals surface area contributed by atoms with Gasteiger partial charge in [-0.3, -0.25) is 19.7 Å². The van der Waals surface area contributed by atoms with Crippen LogP contribution in [0.2, 0.25) is 0 Å². The number of hydrogen-bond donors (Lipinski definition) is 1. The van der Waals surface area contributed by atoms with Crippen molar-refractivity contribution in [3.63, 3.8) is 0 Å². The molecule has 154 valence electrons. The largest absolute Gasteiger partial charge is 0.497 e. The highest BCUT2D eigenvalue weighted by Gasteiger charge is 2.48. The van der Waals surface area contributed by atoms with Crippen LogP contribution < -0.4 is 10.1 Å². The molecule has 0 spiro atoms. The Balaban J connectivity index is 1.65. The number of carbonyl (C=O) groups excluding carboxylic acids is 3. The predicted molar refractivity (Wildman–Crippen MR) is 106 cm³/mol. The molecule has 1 N–H and O–H groups in total. The number of carbonyl (C=O) groups is 3. The van der Waals surface area contributed by atoms with Crippen molar-refractivity contribution in [2.45, 2.75) is 13.0 Å². The molecule has 1 atom stereocenters. The molecule has 8 heteroatoms. The summed E-state index contributed by atoms with van der Waals surface area (Å²) in [6.07, 6.45) is -0.207. The van der Waals surface area contributed by atoms with Crippen molar-refractivity contribution >= 4 is 17.7 Å². The van der Waals surface area contributed by atoms with Crippen LogP contribution in [0.3, 0.4) is 0 Å². The van der Waals surface area contributed by atoms with E-state index in [2.05, 4.69) is 17.2 Å². The van der Waals surface area contributed by atoms with Gasteiger partial charge in [-0.2, -0.15) is 5.26 Å². The molecule has 2 heterocycles. The van der Waals surface area contributed by atoms with E-state index in [1.54, 1.807) is 24.3 Å². The Morgan fingerprint density at radius 2 is 2.03 bits per heavy atom. The number of hydrogen-bond acceptors (Lipinski definition) is 5. The number of ether oxygens (including phenoxy) is 1. The number of nitrogens with zero attached hydrogens (tertiary/aromatic N) is 2. The van der Waals surface area contributed by atoms with Crippen LogP contribution in [-0.2, 0) is 16.1 Å². The SMILES string of the molecule is COc1ccc2c(c1)C(=O)N(CC1(C#Cc3ccc(C#N)c(F)c3)CC(=O)NC1=O)C2. The van der Waals surface area contributed by atoms with Gasteiger partial charge in [-0.25, -0.2) is 4.39 Å². The smallest absolute Gasteiger partial charge is 0.254 e. The molecular weight excluding hydrogens is 401 g/mol. The first-order valence-corrected chi connectivity index (χ1v) is 9.38. The summed E-state index contributed by atoms with van der Waals surface area (Å²) in [4.78, 5) is 39.0. The lowest BCUT2D eigenvalue weighted by Crippen LogP contribution is -2.42. The highest BCUT2D eigenvalue weighted by molar-refractivity contribution is 6.08. The molecule has 2 aliphatic rings. The van der Waals surface area contributed by atoms with Gasteiger partial charge in [0.15, 0.2) is 0 Å². The molecule has 2 aromatic carbocycles. The van der Waals surface area contributed by atoms with Crippen molar-refractivity contribution in [3.05, 3.63) is 64.5 Å². The van der Waals surface area contributed by atoms with Crippen LogP contribution >= 0.6 is 0 Å². The zero-order valence-electron chi connectivity index (χ0n) is 16.5. The van der Waals surface area contributed by atoms with E-state index in [0.717, 1.165) is 11.6 Å². The van der Waals surface area contributed by atoms with E-state index >= 15 is 0 Å². The summed E-state index contributed by atoms with van der Waals surface area (Å²) >= 11 is 0. The van der Waals surface area contributed by atoms with Gasteiger partial charge in [0.2, 0.25) is 11.8 Å². The monoisotopic (exact) mass is 417 g/mol. The first-order valence-electron chi connectivity index (χ1n) is 9.38. The molecule has 0 saturated carbocycles. The molecule has 2 aliphatic heterocycles. The maximum Gasteiger partial charge on any atom is 0.254 e. The van der Waals surface area contributed by atoms with Crippen LogP contribution in [0.15, 0.2) is 36.4 Å². The van der Waals surface area contributed by atoms with E-state index in [1.165, 1.54) is 24.1 Å². The average Bonchev–Trinajstić information content (AvgIpc) is 3.21. The number of nitriles is 1. The molecule has 3 amide bonds. The lowest BCUT2D eigenvalue weighted by molar-refractivity contribution is -0.127. The number of fused-ring (bicyclic) bond motifs is 1. The van der Waals surface area contributed by atoms with E-state index in [4.69, 9.17) is 10.00 Å². The minimum Gasteiger partial charge on any atom is -0.497 e. The van der Waals surface area contributed by atoms with Crippen molar-refractivity contribution in [1.82, 2.24) is 10.2 Å². The summed E-state index contributed by atoms with van der Waals surface area (Å²) in [5.74, 6) is 3.97. The highest BCUT2D eigenvalue weighted by Crippen LogP contribution is 2.33. The van der Waals surface area contributed by atoms with E-state index in [9.17, 15) is 18.8 Å². The van der Waals surface area contributed by atoms with Gasteiger partial charge in [-0.1, -0.05) is 17.9 Å². The zero-order chi connectivity index (χ0) is 22.2. The Morgan fingerprint density at radius 3 is 2.68 bits per heavy atom. The van der Waals surface area contributed by atoms with Crippen molar-refractivity contribution in [2.75, 3.05) is 13.7 Å². The summed E-state index contributed by atoms with van der Waals surface area (Å²) in [6, 6.07) is 10.7. The van der Waals surface area contributed by atoms with E-state index in [-0.39, 0.29) is 36.5 Å². The van der Waals surface area contributed by atoms with Gasteiger partial charge in [-0.05, 0) is 35.9 Å². The summed E-state index contributed by atoms with van der Waals surface area (Å²) in [5, 5.41) is 11.1. The topological polar surface area (TPSA) is 99.5 Å². The Bertz CT molecular complexity index is 1240. The number of halogens is 1. The second-order valence-electron chi connectivity index (χ2n) is 7.38. The van der Waals surface area contributed by atoms with Gasteiger partial charge < -0.3 is 9.64 Å². The Labute approximate surface area is 177 Å². The Kier molecular flexibility index (Phi) is 4.92. The molecule has 0 radical (unpaired) electrons. The minimum atomic E-state index is -1.46. The van der Waals surface area contributed by atoms with Crippen LogP contribution in [0.25, 0.3) is 0 Å². The fourth-order valence-electron chi connectivity index (χ4n) is 3.71. The molecule has 1 unspecified atom stereocenters. The van der Waals surface area contributed by atoms with Gasteiger partial charge in [0.1, 0.15) is 23.1 Å². The van der Waals surface area contributed by atoms with E-state index < -0.39 is 23.0 Å². The van der Waals surface area contributed by atoms with Gasteiger partial charge in [0.05, 0.1) is 19.1 Å². The number of imide groups is 1. The molecule has 2 aromatic rings. The summed E-state index contributed by atoms with van der Waals surface area (Å²) in [5.41, 5.74) is -0.0636. The maximum atomic E-state index is 13.9. The molecule has 1 saturated heterocycles. The molecule has 0 aromatic heterocycles.